The Kier molecular flexibility index (Phi) is 3.01. The summed E-state index contributed by atoms with van der Waals surface area (Å²) >= 11 is 6.92. The van der Waals surface area contributed by atoms with Crippen molar-refractivity contribution in [3.63, 3.8) is 0 Å². The molecule has 102 valence electrons. The molecule has 3 aromatic rings. The first-order chi connectivity index (χ1) is 9.70. The van der Waals surface area contributed by atoms with Gasteiger partial charge in [-0.2, -0.15) is 0 Å². The summed E-state index contributed by atoms with van der Waals surface area (Å²) < 4.78 is 0.976. The highest BCUT2D eigenvalue weighted by atomic mass is 79.9. The molecule has 0 saturated heterocycles. The van der Waals surface area contributed by atoms with E-state index >= 15 is 0 Å². The largest absolute Gasteiger partial charge is 0.350 e. The molecule has 0 spiro atoms. The number of thiazole rings is 1. The van der Waals surface area contributed by atoms with E-state index in [1.165, 1.54) is 20.8 Å². The minimum Gasteiger partial charge on any atom is -0.350 e. The van der Waals surface area contributed by atoms with E-state index in [0.717, 1.165) is 34.1 Å². The van der Waals surface area contributed by atoms with Crippen LogP contribution in [0.4, 0.5) is 5.82 Å². The van der Waals surface area contributed by atoms with E-state index < -0.39 is 0 Å². The molecule has 0 unspecified atom stereocenters. The van der Waals surface area contributed by atoms with Crippen LogP contribution in [0, 0.1) is 6.92 Å². The predicted octanol–water partition coefficient (Wildman–Crippen LogP) is 3.78. The van der Waals surface area contributed by atoms with Gasteiger partial charge in [0.15, 0.2) is 3.92 Å². The summed E-state index contributed by atoms with van der Waals surface area (Å²) in [6, 6.07) is 2.19. The van der Waals surface area contributed by atoms with Crippen molar-refractivity contribution in [2.75, 3.05) is 11.4 Å². The highest BCUT2D eigenvalue weighted by Crippen LogP contribution is 2.34. The van der Waals surface area contributed by atoms with Crippen molar-refractivity contribution in [1.29, 1.82) is 0 Å². The molecular formula is C13H11BrN4S2. The minimum atomic E-state index is 0.888. The van der Waals surface area contributed by atoms with Gasteiger partial charge in [-0.3, -0.25) is 0 Å². The Hall–Kier alpha value is -1.05. The van der Waals surface area contributed by atoms with E-state index in [4.69, 9.17) is 0 Å². The van der Waals surface area contributed by atoms with Gasteiger partial charge in [0.25, 0.3) is 0 Å². The average Bonchev–Trinajstić information content (AvgIpc) is 2.97. The molecule has 4 rings (SSSR count). The Balaban J connectivity index is 1.77. The normalized spacial score (nSPS) is 14.8. The molecule has 0 radical (unpaired) electrons. The second kappa shape index (κ2) is 4.75. The standard InChI is InChI=1S/C13H11BrN4S2/c1-7-4-8-11(15-6-16-12(8)19-7)18-3-2-9-10(5-18)20-13(14)17-9/h4,6H,2-3,5H2,1H3. The van der Waals surface area contributed by atoms with E-state index in [1.807, 2.05) is 0 Å². The predicted molar refractivity (Wildman–Crippen MR) is 86.7 cm³/mol. The van der Waals surface area contributed by atoms with Crippen molar-refractivity contribution in [3.8, 4) is 0 Å². The second-order valence-corrected chi connectivity index (χ2v) is 8.38. The first-order valence-corrected chi connectivity index (χ1v) is 8.73. The fourth-order valence-corrected chi connectivity index (χ4v) is 5.05. The summed E-state index contributed by atoms with van der Waals surface area (Å²) in [5, 5.41) is 1.17. The number of halogens is 1. The van der Waals surface area contributed by atoms with Crippen LogP contribution in [0.25, 0.3) is 10.2 Å². The van der Waals surface area contributed by atoms with Gasteiger partial charge in [0.2, 0.25) is 0 Å². The maximum atomic E-state index is 4.52. The molecule has 4 nitrogen and oxygen atoms in total. The molecule has 0 aromatic carbocycles. The van der Waals surface area contributed by atoms with E-state index in [0.29, 0.717) is 0 Å². The number of rotatable bonds is 1. The molecular weight excluding hydrogens is 356 g/mol. The van der Waals surface area contributed by atoms with Crippen LogP contribution in [0.1, 0.15) is 15.4 Å². The van der Waals surface area contributed by atoms with Crippen molar-refractivity contribution < 1.29 is 0 Å². The Bertz CT molecular complexity index is 795. The molecule has 0 fully saturated rings. The number of hydrogen-bond acceptors (Lipinski definition) is 6. The molecule has 4 heterocycles. The molecule has 1 aliphatic rings. The zero-order valence-electron chi connectivity index (χ0n) is 10.8. The first kappa shape index (κ1) is 12.7. The monoisotopic (exact) mass is 366 g/mol. The van der Waals surface area contributed by atoms with E-state index in [9.17, 15) is 0 Å². The minimum absolute atomic E-state index is 0.888. The Labute approximate surface area is 132 Å². The molecule has 0 saturated carbocycles. The first-order valence-electron chi connectivity index (χ1n) is 6.31. The number of hydrogen-bond donors (Lipinski definition) is 0. The van der Waals surface area contributed by atoms with Crippen molar-refractivity contribution in [2.24, 2.45) is 0 Å². The van der Waals surface area contributed by atoms with Crippen LogP contribution in [0.2, 0.25) is 0 Å². The molecule has 0 atom stereocenters. The molecule has 3 aromatic heterocycles. The van der Waals surface area contributed by atoms with Gasteiger partial charge in [-0.25, -0.2) is 15.0 Å². The van der Waals surface area contributed by atoms with Gasteiger partial charge in [0.05, 0.1) is 17.6 Å². The van der Waals surface area contributed by atoms with E-state index in [1.54, 1.807) is 29.0 Å². The SMILES string of the molecule is Cc1cc2c(N3CCc4nc(Br)sc4C3)ncnc2s1. The Morgan fingerprint density at radius 1 is 1.30 bits per heavy atom. The third kappa shape index (κ3) is 2.04. The van der Waals surface area contributed by atoms with Crippen LogP contribution >= 0.6 is 38.6 Å². The third-order valence-electron chi connectivity index (χ3n) is 3.44. The van der Waals surface area contributed by atoms with Crippen molar-refractivity contribution in [2.45, 2.75) is 19.9 Å². The fourth-order valence-electron chi connectivity index (χ4n) is 2.56. The lowest BCUT2D eigenvalue weighted by atomic mass is 10.1. The summed E-state index contributed by atoms with van der Waals surface area (Å²) in [4.78, 5) is 19.4. The van der Waals surface area contributed by atoms with E-state index in [2.05, 4.69) is 48.8 Å². The number of fused-ring (bicyclic) bond motifs is 2. The van der Waals surface area contributed by atoms with Gasteiger partial charge in [-0.1, -0.05) is 0 Å². The summed E-state index contributed by atoms with van der Waals surface area (Å²) in [5.74, 6) is 1.05. The lowest BCUT2D eigenvalue weighted by Crippen LogP contribution is -2.30. The van der Waals surface area contributed by atoms with E-state index in [-0.39, 0.29) is 0 Å². The number of nitrogens with zero attached hydrogens (tertiary/aromatic N) is 4. The molecule has 1 aliphatic heterocycles. The number of aryl methyl sites for hydroxylation is 1. The third-order valence-corrected chi connectivity index (χ3v) is 5.93. The summed E-state index contributed by atoms with van der Waals surface area (Å²) in [6.45, 7) is 3.97. The molecule has 0 N–H and O–H groups in total. The van der Waals surface area contributed by atoms with Gasteiger partial charge in [0.1, 0.15) is 17.0 Å². The molecule has 0 bridgehead atoms. The lowest BCUT2D eigenvalue weighted by molar-refractivity contribution is 0.720. The number of anilines is 1. The van der Waals surface area contributed by atoms with Crippen LogP contribution < -0.4 is 4.90 Å². The van der Waals surface area contributed by atoms with Crippen LogP contribution in [-0.4, -0.2) is 21.5 Å². The molecule has 20 heavy (non-hydrogen) atoms. The van der Waals surface area contributed by atoms with Crippen molar-refractivity contribution >= 4 is 54.6 Å². The summed E-state index contributed by atoms with van der Waals surface area (Å²) in [5.41, 5.74) is 1.23. The summed E-state index contributed by atoms with van der Waals surface area (Å²) in [7, 11) is 0. The highest BCUT2D eigenvalue weighted by molar-refractivity contribution is 9.11. The van der Waals surface area contributed by atoms with Crippen molar-refractivity contribution in [1.82, 2.24) is 15.0 Å². The van der Waals surface area contributed by atoms with Crippen LogP contribution in [-0.2, 0) is 13.0 Å². The zero-order chi connectivity index (χ0) is 13.7. The molecule has 0 amide bonds. The van der Waals surface area contributed by atoms with Crippen molar-refractivity contribution in [3.05, 3.63) is 31.8 Å². The van der Waals surface area contributed by atoms with Gasteiger partial charge < -0.3 is 4.90 Å². The average molecular weight is 367 g/mol. The van der Waals surface area contributed by atoms with Gasteiger partial charge in [0, 0.05) is 22.7 Å². The Morgan fingerprint density at radius 2 is 2.20 bits per heavy atom. The zero-order valence-corrected chi connectivity index (χ0v) is 14.0. The lowest BCUT2D eigenvalue weighted by Gasteiger charge is -2.27. The topological polar surface area (TPSA) is 41.9 Å². The van der Waals surface area contributed by atoms with Gasteiger partial charge in [-0.15, -0.1) is 22.7 Å². The maximum Gasteiger partial charge on any atom is 0.159 e. The number of thiophene rings is 1. The smallest absolute Gasteiger partial charge is 0.159 e. The van der Waals surface area contributed by atoms with Gasteiger partial charge >= 0.3 is 0 Å². The molecule has 0 aliphatic carbocycles. The quantitative estimate of drug-likeness (QED) is 0.657. The highest BCUT2D eigenvalue weighted by Gasteiger charge is 2.23. The van der Waals surface area contributed by atoms with Crippen LogP contribution in [0.5, 0.6) is 0 Å². The maximum absolute atomic E-state index is 4.52. The van der Waals surface area contributed by atoms with Crippen LogP contribution in [0.15, 0.2) is 16.3 Å². The van der Waals surface area contributed by atoms with Crippen LogP contribution in [0.3, 0.4) is 0 Å². The number of aromatic nitrogens is 3. The molecule has 7 heteroatoms. The fraction of sp³-hybridized carbons (Fsp3) is 0.308. The summed E-state index contributed by atoms with van der Waals surface area (Å²) in [6.07, 6.45) is 2.65. The second-order valence-electron chi connectivity index (χ2n) is 4.78. The Morgan fingerprint density at radius 3 is 3.10 bits per heavy atom. The van der Waals surface area contributed by atoms with Gasteiger partial charge in [-0.05, 0) is 28.9 Å².